The minimum atomic E-state index is -0.543. The second-order valence-electron chi connectivity index (χ2n) is 2.23. The summed E-state index contributed by atoms with van der Waals surface area (Å²) in [4.78, 5) is 13.7. The van der Waals surface area contributed by atoms with Crippen LogP contribution in [-0.4, -0.2) is 18.1 Å². The molecular weight excluding hydrogens is 188 g/mol. The molecule has 1 N–H and O–H groups in total. The molecule has 1 rings (SSSR count). The van der Waals surface area contributed by atoms with E-state index < -0.39 is 5.97 Å². The second kappa shape index (κ2) is 3.83. The van der Waals surface area contributed by atoms with E-state index in [1.54, 1.807) is 0 Å². The van der Waals surface area contributed by atoms with Crippen molar-refractivity contribution in [1.29, 1.82) is 5.26 Å². The fourth-order valence-corrected chi connectivity index (χ4v) is 1.01. The number of nitrogens with zero attached hydrogens (tertiary/aromatic N) is 1. The maximum absolute atomic E-state index is 11.1. The molecule has 0 saturated heterocycles. The average Bonchev–Trinajstić information content (AvgIpc) is 2.17. The average molecular weight is 194 g/mol. The maximum atomic E-state index is 11.1. The molecule has 0 aliphatic carbocycles. The number of ether oxygens (including phenoxy) is 1. The Bertz CT molecular complexity index is 431. The lowest BCUT2D eigenvalue weighted by Gasteiger charge is -1.98. The zero-order valence-electron chi connectivity index (χ0n) is 6.83. The lowest BCUT2D eigenvalue weighted by Crippen LogP contribution is -2.03. The quantitative estimate of drug-likeness (QED) is 0.542. The third kappa shape index (κ3) is 1.92. The molecule has 0 bridgehead atoms. The highest BCUT2D eigenvalue weighted by atomic mass is 32.1. The molecule has 0 aromatic carbocycles. The molecule has 0 aliphatic heterocycles. The number of pyridine rings is 1. The first-order chi connectivity index (χ1) is 6.19. The number of hydrogen-bond acceptors (Lipinski definition) is 4. The molecule has 4 nitrogen and oxygen atoms in total. The number of aromatic nitrogens is 1. The largest absolute Gasteiger partial charge is 0.465 e. The van der Waals surface area contributed by atoms with Crippen LogP contribution in [0.5, 0.6) is 0 Å². The van der Waals surface area contributed by atoms with Crippen molar-refractivity contribution in [2.24, 2.45) is 0 Å². The Labute approximate surface area is 79.8 Å². The maximum Gasteiger partial charge on any atom is 0.340 e. The van der Waals surface area contributed by atoms with Gasteiger partial charge in [-0.05, 0) is 6.07 Å². The lowest BCUT2D eigenvalue weighted by molar-refractivity contribution is 0.0599. The first-order valence-electron chi connectivity index (χ1n) is 3.40. The molecule has 0 spiro atoms. The molecule has 1 aromatic rings. The highest BCUT2D eigenvalue weighted by Crippen LogP contribution is 2.05. The SMILES string of the molecule is COC(=O)c1cc(C#N)c[nH]c1=S. The molecule has 0 amide bonds. The minimum absolute atomic E-state index is 0.205. The molecule has 5 heteroatoms. The Morgan fingerprint density at radius 3 is 3.00 bits per heavy atom. The van der Waals surface area contributed by atoms with Gasteiger partial charge < -0.3 is 9.72 Å². The number of aromatic amines is 1. The number of rotatable bonds is 1. The van der Waals surface area contributed by atoms with Crippen LogP contribution in [0.1, 0.15) is 15.9 Å². The van der Waals surface area contributed by atoms with Crippen molar-refractivity contribution in [3.05, 3.63) is 28.0 Å². The van der Waals surface area contributed by atoms with E-state index in [2.05, 4.69) is 9.72 Å². The van der Waals surface area contributed by atoms with Gasteiger partial charge >= 0.3 is 5.97 Å². The van der Waals surface area contributed by atoms with Crippen LogP contribution in [0.4, 0.5) is 0 Å². The number of esters is 1. The van der Waals surface area contributed by atoms with E-state index in [-0.39, 0.29) is 10.2 Å². The Hall–Kier alpha value is -1.67. The summed E-state index contributed by atoms with van der Waals surface area (Å²) < 4.78 is 4.75. The molecule has 0 unspecified atom stereocenters. The van der Waals surface area contributed by atoms with Gasteiger partial charge in [0.05, 0.1) is 18.2 Å². The minimum Gasteiger partial charge on any atom is -0.465 e. The van der Waals surface area contributed by atoms with E-state index >= 15 is 0 Å². The van der Waals surface area contributed by atoms with Crippen molar-refractivity contribution < 1.29 is 9.53 Å². The third-order valence-corrected chi connectivity index (χ3v) is 1.78. The number of carbonyl (C=O) groups excluding carboxylic acids is 1. The van der Waals surface area contributed by atoms with E-state index in [9.17, 15) is 4.79 Å². The summed E-state index contributed by atoms with van der Waals surface area (Å²) in [6, 6.07) is 3.28. The monoisotopic (exact) mass is 194 g/mol. The normalized spacial score (nSPS) is 8.92. The smallest absolute Gasteiger partial charge is 0.340 e. The second-order valence-corrected chi connectivity index (χ2v) is 2.64. The van der Waals surface area contributed by atoms with E-state index in [4.69, 9.17) is 17.5 Å². The molecule has 1 heterocycles. The Morgan fingerprint density at radius 2 is 2.46 bits per heavy atom. The van der Waals surface area contributed by atoms with Gasteiger partial charge in [-0.15, -0.1) is 0 Å². The number of nitrogens with one attached hydrogen (secondary N) is 1. The molecule has 0 atom stereocenters. The molecule has 13 heavy (non-hydrogen) atoms. The summed E-state index contributed by atoms with van der Waals surface area (Å²) >= 11 is 4.84. The molecule has 0 radical (unpaired) electrons. The third-order valence-electron chi connectivity index (χ3n) is 1.44. The van der Waals surface area contributed by atoms with Crippen molar-refractivity contribution in [2.45, 2.75) is 0 Å². The van der Waals surface area contributed by atoms with E-state index in [1.807, 2.05) is 6.07 Å². The number of methoxy groups -OCH3 is 1. The van der Waals surface area contributed by atoms with Gasteiger partial charge in [-0.2, -0.15) is 5.26 Å². The number of nitriles is 1. The van der Waals surface area contributed by atoms with Crippen molar-refractivity contribution in [2.75, 3.05) is 7.11 Å². The standard InChI is InChI=1S/C8H6N2O2S/c1-12-8(11)6-2-5(3-9)4-10-7(6)13/h2,4H,1H3,(H,10,13). The zero-order valence-corrected chi connectivity index (χ0v) is 7.64. The van der Waals surface area contributed by atoms with Gasteiger partial charge in [0.25, 0.3) is 0 Å². The van der Waals surface area contributed by atoms with Crippen molar-refractivity contribution in [1.82, 2.24) is 4.98 Å². The predicted octanol–water partition coefficient (Wildman–Crippen LogP) is 1.40. The molecule has 1 aromatic heterocycles. The van der Waals surface area contributed by atoms with E-state index in [0.717, 1.165) is 0 Å². The Balaban J connectivity index is 3.29. The highest BCUT2D eigenvalue weighted by Gasteiger charge is 2.08. The summed E-state index contributed by atoms with van der Waals surface area (Å²) in [5, 5.41) is 8.55. The molecule has 0 saturated carbocycles. The fourth-order valence-electron chi connectivity index (χ4n) is 0.810. The highest BCUT2D eigenvalue weighted by molar-refractivity contribution is 7.71. The van der Waals surface area contributed by atoms with E-state index in [1.165, 1.54) is 19.4 Å². The molecule has 66 valence electrons. The number of hydrogen-bond donors (Lipinski definition) is 1. The first kappa shape index (κ1) is 9.42. The van der Waals surface area contributed by atoms with Crippen LogP contribution >= 0.6 is 12.2 Å². The van der Waals surface area contributed by atoms with Crippen LogP contribution in [0.15, 0.2) is 12.3 Å². The van der Waals surface area contributed by atoms with Crippen LogP contribution in [0.2, 0.25) is 0 Å². The van der Waals surface area contributed by atoms with E-state index in [0.29, 0.717) is 5.56 Å². The van der Waals surface area contributed by atoms with Gasteiger partial charge in [0.2, 0.25) is 0 Å². The first-order valence-corrected chi connectivity index (χ1v) is 3.81. The summed E-state index contributed by atoms with van der Waals surface area (Å²) in [5.41, 5.74) is 0.547. The van der Waals surface area contributed by atoms with Crippen LogP contribution in [0.3, 0.4) is 0 Å². The van der Waals surface area contributed by atoms with Crippen LogP contribution in [0.25, 0.3) is 0 Å². The van der Waals surface area contributed by atoms with Gasteiger partial charge in [-0.25, -0.2) is 4.79 Å². The van der Waals surface area contributed by atoms with Gasteiger partial charge in [-0.3, -0.25) is 0 Å². The number of carbonyl (C=O) groups is 1. The topological polar surface area (TPSA) is 65.9 Å². The summed E-state index contributed by atoms with van der Waals surface area (Å²) in [6.45, 7) is 0. The van der Waals surface area contributed by atoms with Gasteiger partial charge in [0, 0.05) is 6.20 Å². The Morgan fingerprint density at radius 1 is 1.77 bits per heavy atom. The number of H-pyrrole nitrogens is 1. The van der Waals surface area contributed by atoms with Gasteiger partial charge in [-0.1, -0.05) is 12.2 Å². The summed E-state index contributed by atoms with van der Waals surface area (Å²) in [7, 11) is 1.26. The van der Waals surface area contributed by atoms with Crippen molar-refractivity contribution >= 4 is 18.2 Å². The molecule has 0 fully saturated rings. The summed E-state index contributed by atoms with van der Waals surface area (Å²) in [5.74, 6) is -0.543. The Kier molecular flexibility index (Phi) is 2.77. The zero-order chi connectivity index (χ0) is 9.84. The van der Waals surface area contributed by atoms with Crippen LogP contribution < -0.4 is 0 Å². The van der Waals surface area contributed by atoms with Crippen LogP contribution in [-0.2, 0) is 4.74 Å². The lowest BCUT2D eigenvalue weighted by atomic mass is 10.2. The molecular formula is C8H6N2O2S. The summed E-state index contributed by atoms with van der Waals surface area (Å²) in [6.07, 6.45) is 1.44. The molecule has 0 aliphatic rings. The predicted molar refractivity (Wildman–Crippen MR) is 47.7 cm³/mol. The van der Waals surface area contributed by atoms with Gasteiger partial charge in [0.1, 0.15) is 10.7 Å². The van der Waals surface area contributed by atoms with Gasteiger partial charge in [0.15, 0.2) is 0 Å². The fraction of sp³-hybridized carbons (Fsp3) is 0.125. The van der Waals surface area contributed by atoms with Crippen molar-refractivity contribution in [3.63, 3.8) is 0 Å². The van der Waals surface area contributed by atoms with Crippen LogP contribution in [0, 0.1) is 16.0 Å². The van der Waals surface area contributed by atoms with Crippen molar-refractivity contribution in [3.8, 4) is 6.07 Å².